The molecule has 0 unspecified atom stereocenters. The van der Waals surface area contributed by atoms with Crippen molar-refractivity contribution in [1.29, 1.82) is 0 Å². The zero-order valence-electron chi connectivity index (χ0n) is 8.66. The molecule has 0 spiro atoms. The number of Topliss-reactive ketones (excluding diaryl/α,β-unsaturated/α-hetero) is 1. The molecule has 1 aromatic rings. The van der Waals surface area contributed by atoms with E-state index in [-0.39, 0.29) is 11.2 Å². The van der Waals surface area contributed by atoms with Gasteiger partial charge in [0.1, 0.15) is 5.69 Å². The monoisotopic (exact) mass is 180 g/mol. The first kappa shape index (κ1) is 9.96. The minimum Gasteiger partial charge on any atom is -0.292 e. The van der Waals surface area contributed by atoms with Crippen LogP contribution in [0, 0.1) is 5.41 Å². The average molecular weight is 180 g/mol. The summed E-state index contributed by atoms with van der Waals surface area (Å²) < 4.78 is 1.65. The Bertz CT molecular complexity index is 312. The lowest BCUT2D eigenvalue weighted by molar-refractivity contribution is 0.0826. The molecule has 1 aromatic heterocycles. The van der Waals surface area contributed by atoms with Crippen molar-refractivity contribution >= 4 is 5.78 Å². The first-order valence-electron chi connectivity index (χ1n) is 4.52. The highest BCUT2D eigenvalue weighted by atomic mass is 16.1. The number of rotatable bonds is 3. The van der Waals surface area contributed by atoms with Gasteiger partial charge in [0.25, 0.3) is 0 Å². The van der Waals surface area contributed by atoms with E-state index in [0.717, 1.165) is 6.42 Å². The minimum atomic E-state index is -0.297. The van der Waals surface area contributed by atoms with Gasteiger partial charge in [0.05, 0.1) is 0 Å². The number of aromatic nitrogens is 2. The minimum absolute atomic E-state index is 0.121. The summed E-state index contributed by atoms with van der Waals surface area (Å²) in [4.78, 5) is 11.8. The molecule has 0 aliphatic rings. The molecule has 1 rings (SSSR count). The van der Waals surface area contributed by atoms with Gasteiger partial charge in [0.15, 0.2) is 5.78 Å². The molecule has 1 heterocycles. The molecule has 0 fully saturated rings. The van der Waals surface area contributed by atoms with E-state index in [1.54, 1.807) is 16.9 Å². The van der Waals surface area contributed by atoms with Gasteiger partial charge < -0.3 is 0 Å². The molecule has 0 aliphatic carbocycles. The van der Waals surface area contributed by atoms with Crippen molar-refractivity contribution in [3.8, 4) is 0 Å². The van der Waals surface area contributed by atoms with Crippen molar-refractivity contribution < 1.29 is 4.79 Å². The van der Waals surface area contributed by atoms with Crippen LogP contribution in [-0.4, -0.2) is 15.6 Å². The van der Waals surface area contributed by atoms with Gasteiger partial charge in [-0.15, -0.1) is 0 Å². The summed E-state index contributed by atoms with van der Waals surface area (Å²) >= 11 is 0. The van der Waals surface area contributed by atoms with Gasteiger partial charge in [0.2, 0.25) is 0 Å². The summed E-state index contributed by atoms with van der Waals surface area (Å²) in [6.45, 7) is 5.91. The van der Waals surface area contributed by atoms with Crippen molar-refractivity contribution in [3.63, 3.8) is 0 Å². The molecule has 0 saturated heterocycles. The van der Waals surface area contributed by atoms with Crippen LogP contribution in [0.5, 0.6) is 0 Å². The maximum absolute atomic E-state index is 11.8. The molecule has 0 N–H and O–H groups in total. The zero-order chi connectivity index (χ0) is 10.1. The van der Waals surface area contributed by atoms with Gasteiger partial charge in [0, 0.05) is 18.7 Å². The molecule has 0 radical (unpaired) electrons. The van der Waals surface area contributed by atoms with Crippen LogP contribution in [0.25, 0.3) is 0 Å². The quantitative estimate of drug-likeness (QED) is 0.667. The number of ketones is 1. The summed E-state index contributed by atoms with van der Waals surface area (Å²) in [6, 6.07) is 1.76. The van der Waals surface area contributed by atoms with Gasteiger partial charge in [-0.2, -0.15) is 5.10 Å². The maximum atomic E-state index is 11.8. The lowest BCUT2D eigenvalue weighted by Gasteiger charge is -2.18. The van der Waals surface area contributed by atoms with Crippen molar-refractivity contribution in [2.75, 3.05) is 0 Å². The van der Waals surface area contributed by atoms with E-state index >= 15 is 0 Å². The second-order valence-electron chi connectivity index (χ2n) is 3.94. The van der Waals surface area contributed by atoms with Crippen LogP contribution >= 0.6 is 0 Å². The number of hydrogen-bond donors (Lipinski definition) is 0. The summed E-state index contributed by atoms with van der Waals surface area (Å²) in [5, 5.41) is 4.09. The predicted molar refractivity (Wildman–Crippen MR) is 51.6 cm³/mol. The summed E-state index contributed by atoms with van der Waals surface area (Å²) in [5.74, 6) is 0.121. The van der Waals surface area contributed by atoms with Crippen LogP contribution in [0.2, 0.25) is 0 Å². The smallest absolute Gasteiger partial charge is 0.188 e. The summed E-state index contributed by atoms with van der Waals surface area (Å²) in [6.07, 6.45) is 2.63. The lowest BCUT2D eigenvalue weighted by Crippen LogP contribution is -2.23. The molecule has 3 nitrogen and oxygen atoms in total. The van der Waals surface area contributed by atoms with Crippen LogP contribution in [0.3, 0.4) is 0 Å². The predicted octanol–water partition coefficient (Wildman–Crippen LogP) is 2.04. The van der Waals surface area contributed by atoms with Crippen LogP contribution < -0.4 is 0 Å². The highest BCUT2D eigenvalue weighted by Crippen LogP contribution is 2.24. The SMILES string of the molecule is CCC(C)(C)C(=O)c1ccn(C)n1. The van der Waals surface area contributed by atoms with Crippen molar-refractivity contribution in [3.05, 3.63) is 18.0 Å². The molecule has 13 heavy (non-hydrogen) atoms. The second kappa shape index (κ2) is 3.32. The number of nitrogens with zero attached hydrogens (tertiary/aromatic N) is 2. The molecule has 0 aromatic carbocycles. The lowest BCUT2D eigenvalue weighted by atomic mass is 9.84. The third-order valence-corrected chi connectivity index (χ3v) is 2.44. The second-order valence-corrected chi connectivity index (χ2v) is 3.94. The number of carbonyl (C=O) groups is 1. The molecular formula is C10H16N2O. The third-order valence-electron chi connectivity index (χ3n) is 2.44. The molecule has 72 valence electrons. The number of hydrogen-bond acceptors (Lipinski definition) is 2. The molecule has 0 saturated carbocycles. The van der Waals surface area contributed by atoms with E-state index in [2.05, 4.69) is 5.10 Å². The number of carbonyl (C=O) groups excluding carboxylic acids is 1. The Labute approximate surface area is 78.8 Å². The molecular weight excluding hydrogens is 164 g/mol. The molecule has 0 bridgehead atoms. The highest BCUT2D eigenvalue weighted by Gasteiger charge is 2.27. The fraction of sp³-hybridized carbons (Fsp3) is 0.600. The summed E-state index contributed by atoms with van der Waals surface area (Å²) in [5.41, 5.74) is 0.267. The van der Waals surface area contributed by atoms with Gasteiger partial charge >= 0.3 is 0 Å². The summed E-state index contributed by atoms with van der Waals surface area (Å²) in [7, 11) is 1.82. The zero-order valence-corrected chi connectivity index (χ0v) is 8.66. The Morgan fingerprint density at radius 2 is 2.23 bits per heavy atom. The van der Waals surface area contributed by atoms with E-state index in [1.807, 2.05) is 27.8 Å². The van der Waals surface area contributed by atoms with Crippen molar-refractivity contribution in [2.24, 2.45) is 12.5 Å². The van der Waals surface area contributed by atoms with Crippen molar-refractivity contribution in [2.45, 2.75) is 27.2 Å². The Kier molecular flexibility index (Phi) is 2.55. The third kappa shape index (κ3) is 1.97. The molecule has 3 heteroatoms. The van der Waals surface area contributed by atoms with E-state index < -0.39 is 0 Å². The van der Waals surface area contributed by atoms with E-state index in [1.165, 1.54) is 0 Å². The van der Waals surface area contributed by atoms with Gasteiger partial charge in [-0.25, -0.2) is 0 Å². The largest absolute Gasteiger partial charge is 0.292 e. The topological polar surface area (TPSA) is 34.9 Å². The van der Waals surface area contributed by atoms with Gasteiger partial charge in [-0.05, 0) is 12.5 Å². The molecule has 0 atom stereocenters. The fourth-order valence-corrected chi connectivity index (χ4v) is 1.04. The standard InChI is InChI=1S/C10H16N2O/c1-5-10(2,3)9(13)8-6-7-12(4)11-8/h6-7H,5H2,1-4H3. The van der Waals surface area contributed by atoms with Crippen LogP contribution in [0.1, 0.15) is 37.7 Å². The Balaban J connectivity index is 2.91. The normalized spacial score (nSPS) is 11.7. The number of aryl methyl sites for hydroxylation is 1. The average Bonchev–Trinajstić information content (AvgIpc) is 2.50. The van der Waals surface area contributed by atoms with Crippen LogP contribution in [0.15, 0.2) is 12.3 Å². The first-order valence-corrected chi connectivity index (χ1v) is 4.52. The Hall–Kier alpha value is -1.12. The Morgan fingerprint density at radius 1 is 1.62 bits per heavy atom. The van der Waals surface area contributed by atoms with Crippen LogP contribution in [0.4, 0.5) is 0 Å². The van der Waals surface area contributed by atoms with E-state index in [4.69, 9.17) is 0 Å². The first-order chi connectivity index (χ1) is 5.97. The maximum Gasteiger partial charge on any atom is 0.188 e. The highest BCUT2D eigenvalue weighted by molar-refractivity contribution is 5.98. The van der Waals surface area contributed by atoms with Gasteiger partial charge in [-0.3, -0.25) is 9.48 Å². The van der Waals surface area contributed by atoms with Crippen LogP contribution in [-0.2, 0) is 7.05 Å². The van der Waals surface area contributed by atoms with Gasteiger partial charge in [-0.1, -0.05) is 20.8 Å². The van der Waals surface area contributed by atoms with Crippen molar-refractivity contribution in [1.82, 2.24) is 9.78 Å². The van der Waals surface area contributed by atoms with E-state index in [0.29, 0.717) is 5.69 Å². The Morgan fingerprint density at radius 3 is 2.62 bits per heavy atom. The molecule has 0 amide bonds. The molecule has 0 aliphatic heterocycles. The van der Waals surface area contributed by atoms with E-state index in [9.17, 15) is 4.79 Å². The fourth-order valence-electron chi connectivity index (χ4n) is 1.04.